The number of thiophene rings is 1. The van der Waals surface area contributed by atoms with Crippen LogP contribution in [0.4, 0.5) is 10.7 Å². The van der Waals surface area contributed by atoms with Gasteiger partial charge in [0.15, 0.2) is 11.0 Å². The van der Waals surface area contributed by atoms with Gasteiger partial charge in [0.2, 0.25) is 5.91 Å². The van der Waals surface area contributed by atoms with E-state index in [1.807, 2.05) is 59.2 Å². The maximum atomic E-state index is 12.8. The van der Waals surface area contributed by atoms with E-state index >= 15 is 0 Å². The van der Waals surface area contributed by atoms with Gasteiger partial charge >= 0.3 is 0 Å². The molecule has 194 valence electrons. The summed E-state index contributed by atoms with van der Waals surface area (Å²) in [7, 11) is 1.64. The minimum atomic E-state index is -0.101. The molecule has 2 aromatic carbocycles. The van der Waals surface area contributed by atoms with Gasteiger partial charge in [-0.3, -0.25) is 9.36 Å². The Morgan fingerprint density at radius 3 is 2.74 bits per heavy atom. The van der Waals surface area contributed by atoms with E-state index in [2.05, 4.69) is 26.9 Å². The molecule has 0 aliphatic heterocycles. The molecule has 1 aliphatic rings. The van der Waals surface area contributed by atoms with Gasteiger partial charge in [-0.1, -0.05) is 42.1 Å². The summed E-state index contributed by atoms with van der Waals surface area (Å²) in [5.41, 5.74) is 3.58. The molecule has 5 rings (SSSR count). The predicted molar refractivity (Wildman–Crippen MR) is 151 cm³/mol. The van der Waals surface area contributed by atoms with Crippen LogP contribution in [0.25, 0.3) is 5.69 Å². The number of para-hydroxylation sites is 3. The van der Waals surface area contributed by atoms with E-state index in [1.54, 1.807) is 18.4 Å². The Bertz CT molecular complexity index is 1460. The zero-order valence-corrected chi connectivity index (χ0v) is 22.7. The van der Waals surface area contributed by atoms with Crippen molar-refractivity contribution in [1.29, 1.82) is 5.26 Å². The molecule has 0 saturated carbocycles. The van der Waals surface area contributed by atoms with Crippen LogP contribution < -0.4 is 15.4 Å². The molecule has 4 aromatic rings. The van der Waals surface area contributed by atoms with Crippen molar-refractivity contribution in [3.63, 3.8) is 0 Å². The quantitative estimate of drug-likeness (QED) is 0.242. The molecule has 0 unspecified atom stereocenters. The minimum Gasteiger partial charge on any atom is -0.495 e. The summed E-state index contributed by atoms with van der Waals surface area (Å²) in [6, 6.07) is 20.0. The lowest BCUT2D eigenvalue weighted by Crippen LogP contribution is -2.12. The number of ether oxygens (including phenoxy) is 1. The topological polar surface area (TPSA) is 105 Å². The maximum Gasteiger partial charge on any atom is 0.225 e. The average molecular weight is 545 g/mol. The van der Waals surface area contributed by atoms with Crippen LogP contribution in [0, 0.1) is 11.3 Å². The standard InChI is InChI=1S/C28H28N6O2S2/c1-36-23-13-7-6-12-22(23)30-18-25-32-33-28(34(25)19-9-3-2-4-10-19)37-16-15-26(35)31-27-21(17-29)20-11-5-8-14-24(20)38-27/h2-4,6-7,9-10,12-13,30H,5,8,11,14-16,18H2,1H3,(H,31,35). The molecule has 2 aromatic heterocycles. The normalized spacial score (nSPS) is 12.4. The van der Waals surface area contributed by atoms with E-state index in [0.717, 1.165) is 54.2 Å². The van der Waals surface area contributed by atoms with Gasteiger partial charge < -0.3 is 15.4 Å². The Hall–Kier alpha value is -3.81. The molecular weight excluding hydrogens is 516 g/mol. The number of fused-ring (bicyclic) bond motifs is 1. The van der Waals surface area contributed by atoms with Crippen molar-refractivity contribution in [2.45, 2.75) is 43.8 Å². The number of aryl methyl sites for hydroxylation is 1. The molecule has 0 atom stereocenters. The zero-order chi connectivity index (χ0) is 26.3. The van der Waals surface area contributed by atoms with Gasteiger partial charge in [-0.2, -0.15) is 5.26 Å². The van der Waals surface area contributed by atoms with Gasteiger partial charge in [0.25, 0.3) is 0 Å². The first-order chi connectivity index (χ1) is 18.7. The highest BCUT2D eigenvalue weighted by molar-refractivity contribution is 7.99. The Kier molecular flexibility index (Phi) is 8.26. The summed E-state index contributed by atoms with van der Waals surface area (Å²) >= 11 is 3.03. The number of nitrogens with zero attached hydrogens (tertiary/aromatic N) is 4. The second kappa shape index (κ2) is 12.2. The number of hydrogen-bond donors (Lipinski definition) is 2. The van der Waals surface area contributed by atoms with E-state index < -0.39 is 0 Å². The molecule has 1 aliphatic carbocycles. The summed E-state index contributed by atoms with van der Waals surface area (Å²) in [5.74, 6) is 1.93. The predicted octanol–water partition coefficient (Wildman–Crippen LogP) is 5.82. The van der Waals surface area contributed by atoms with Crippen LogP contribution in [0.15, 0.2) is 59.8 Å². The summed E-state index contributed by atoms with van der Waals surface area (Å²) in [6.07, 6.45) is 4.45. The number of rotatable bonds is 10. The van der Waals surface area contributed by atoms with Crippen molar-refractivity contribution in [3.8, 4) is 17.5 Å². The highest BCUT2D eigenvalue weighted by Gasteiger charge is 2.22. The minimum absolute atomic E-state index is 0.101. The molecule has 0 fully saturated rings. The molecule has 2 N–H and O–H groups in total. The second-order valence-corrected chi connectivity index (χ2v) is 11.0. The number of nitrogens with one attached hydrogen (secondary N) is 2. The smallest absolute Gasteiger partial charge is 0.225 e. The first-order valence-corrected chi connectivity index (χ1v) is 14.3. The first kappa shape index (κ1) is 25.8. The highest BCUT2D eigenvalue weighted by atomic mass is 32.2. The number of carbonyl (C=O) groups excluding carboxylic acids is 1. The molecular formula is C28H28N6O2S2. The highest BCUT2D eigenvalue weighted by Crippen LogP contribution is 2.37. The number of aromatic nitrogens is 3. The van der Waals surface area contributed by atoms with E-state index in [9.17, 15) is 10.1 Å². The molecule has 10 heteroatoms. The third-order valence-electron chi connectivity index (χ3n) is 6.36. The van der Waals surface area contributed by atoms with Crippen LogP contribution in [0.5, 0.6) is 5.75 Å². The third kappa shape index (κ3) is 5.69. The molecule has 38 heavy (non-hydrogen) atoms. The summed E-state index contributed by atoms with van der Waals surface area (Å²) in [4.78, 5) is 14.0. The summed E-state index contributed by atoms with van der Waals surface area (Å²) < 4.78 is 7.45. The van der Waals surface area contributed by atoms with Crippen molar-refractivity contribution < 1.29 is 9.53 Å². The molecule has 1 amide bonds. The largest absolute Gasteiger partial charge is 0.495 e. The average Bonchev–Trinajstić information content (AvgIpc) is 3.52. The number of nitriles is 1. The van der Waals surface area contributed by atoms with Gasteiger partial charge in [0.1, 0.15) is 16.8 Å². The van der Waals surface area contributed by atoms with Gasteiger partial charge in [0, 0.05) is 22.7 Å². The number of benzene rings is 2. The van der Waals surface area contributed by atoms with Crippen LogP contribution in [-0.4, -0.2) is 33.5 Å². The van der Waals surface area contributed by atoms with Gasteiger partial charge in [-0.05, 0) is 55.5 Å². The fourth-order valence-electron chi connectivity index (χ4n) is 4.51. The Labute approximate surface area is 230 Å². The summed E-state index contributed by atoms with van der Waals surface area (Å²) in [6.45, 7) is 0.448. The van der Waals surface area contributed by atoms with E-state index in [-0.39, 0.29) is 5.91 Å². The lowest BCUT2D eigenvalue weighted by molar-refractivity contribution is -0.115. The first-order valence-electron chi connectivity index (χ1n) is 12.5. The molecule has 0 bridgehead atoms. The molecule has 2 heterocycles. The molecule has 0 saturated heterocycles. The monoisotopic (exact) mass is 544 g/mol. The number of carbonyl (C=O) groups is 1. The van der Waals surface area contributed by atoms with Gasteiger partial charge in [-0.15, -0.1) is 21.5 Å². The van der Waals surface area contributed by atoms with Crippen LogP contribution in [0.3, 0.4) is 0 Å². The number of amides is 1. The van der Waals surface area contributed by atoms with Crippen LogP contribution >= 0.6 is 23.1 Å². The van der Waals surface area contributed by atoms with Crippen molar-refractivity contribution >= 4 is 39.7 Å². The second-order valence-electron chi connectivity index (χ2n) is 8.80. The Morgan fingerprint density at radius 2 is 1.92 bits per heavy atom. The fraction of sp³-hybridized carbons (Fsp3) is 0.286. The lowest BCUT2D eigenvalue weighted by atomic mass is 9.96. The summed E-state index contributed by atoms with van der Waals surface area (Å²) in [5, 5.41) is 26.3. The van der Waals surface area contributed by atoms with Gasteiger partial charge in [-0.25, -0.2) is 0 Å². The molecule has 0 spiro atoms. The third-order valence-corrected chi connectivity index (χ3v) is 8.49. The number of thioether (sulfide) groups is 1. The number of anilines is 2. The van der Waals surface area contributed by atoms with Crippen molar-refractivity contribution in [1.82, 2.24) is 14.8 Å². The molecule has 0 radical (unpaired) electrons. The van der Waals surface area contributed by atoms with Gasteiger partial charge in [0.05, 0.1) is 24.9 Å². The van der Waals surface area contributed by atoms with Crippen LogP contribution in [-0.2, 0) is 24.2 Å². The number of hydrogen-bond acceptors (Lipinski definition) is 8. The zero-order valence-electron chi connectivity index (χ0n) is 21.1. The van der Waals surface area contributed by atoms with Crippen LogP contribution in [0.1, 0.15) is 41.1 Å². The molecule has 8 nitrogen and oxygen atoms in total. The SMILES string of the molecule is COc1ccccc1NCc1nnc(SCCC(=O)Nc2sc3c(c2C#N)CCCC3)n1-c1ccccc1. The van der Waals surface area contributed by atoms with Crippen LogP contribution in [0.2, 0.25) is 0 Å². The maximum absolute atomic E-state index is 12.8. The van der Waals surface area contributed by atoms with E-state index in [1.165, 1.54) is 16.6 Å². The van der Waals surface area contributed by atoms with E-state index in [0.29, 0.717) is 34.4 Å². The van der Waals surface area contributed by atoms with Crippen molar-refractivity contribution in [2.24, 2.45) is 0 Å². The van der Waals surface area contributed by atoms with E-state index in [4.69, 9.17) is 4.74 Å². The lowest BCUT2D eigenvalue weighted by Gasteiger charge is -2.13. The van der Waals surface area contributed by atoms with Crippen molar-refractivity contribution in [3.05, 3.63) is 76.4 Å². The Morgan fingerprint density at radius 1 is 1.13 bits per heavy atom. The number of methoxy groups -OCH3 is 1. The van der Waals surface area contributed by atoms with Crippen molar-refractivity contribution in [2.75, 3.05) is 23.5 Å². The Balaban J connectivity index is 1.26. The fourth-order valence-corrected chi connectivity index (χ4v) is 6.67.